The van der Waals surface area contributed by atoms with Crippen LogP contribution in [0.2, 0.25) is 0 Å². The Morgan fingerprint density at radius 2 is 1.92 bits per heavy atom. The van der Waals surface area contributed by atoms with E-state index in [4.69, 9.17) is 0 Å². The molecule has 1 unspecified atom stereocenters. The molecule has 0 aromatic heterocycles. The molecule has 2 aromatic rings. The molecule has 0 spiro atoms. The highest BCUT2D eigenvalue weighted by Crippen LogP contribution is 2.27. The molecule has 1 aliphatic heterocycles. The van der Waals surface area contributed by atoms with E-state index in [2.05, 4.69) is 5.32 Å². The van der Waals surface area contributed by atoms with Crippen LogP contribution in [-0.4, -0.2) is 30.4 Å². The van der Waals surface area contributed by atoms with Gasteiger partial charge in [-0.1, -0.05) is 30.3 Å². The lowest BCUT2D eigenvalue weighted by atomic mass is 9.95. The molecule has 138 valence electrons. The van der Waals surface area contributed by atoms with Crippen molar-refractivity contribution in [2.45, 2.75) is 32.9 Å². The van der Waals surface area contributed by atoms with Crippen LogP contribution >= 0.6 is 0 Å². The van der Waals surface area contributed by atoms with Crippen molar-refractivity contribution < 1.29 is 17.6 Å². The van der Waals surface area contributed by atoms with Crippen molar-refractivity contribution in [3.05, 3.63) is 65.0 Å². The van der Waals surface area contributed by atoms with Crippen molar-refractivity contribution in [1.29, 1.82) is 0 Å². The van der Waals surface area contributed by atoms with Crippen LogP contribution in [-0.2, 0) is 27.8 Å². The maximum Gasteiger partial charge on any atom is 0.243 e. The van der Waals surface area contributed by atoms with Gasteiger partial charge in [0.05, 0.1) is 11.4 Å². The van der Waals surface area contributed by atoms with Crippen LogP contribution in [0.25, 0.3) is 0 Å². The Kier molecular flexibility index (Phi) is 5.11. The minimum absolute atomic E-state index is 0.0581. The van der Waals surface area contributed by atoms with Gasteiger partial charge in [-0.25, -0.2) is 12.8 Å². The quantitative estimate of drug-likeness (QED) is 0.892. The second-order valence-electron chi connectivity index (χ2n) is 6.41. The van der Waals surface area contributed by atoms with E-state index in [1.165, 1.54) is 16.4 Å². The highest BCUT2D eigenvalue weighted by atomic mass is 32.2. The third-order valence-corrected chi connectivity index (χ3v) is 6.44. The first-order chi connectivity index (χ1) is 12.3. The predicted molar refractivity (Wildman–Crippen MR) is 98.7 cm³/mol. The van der Waals surface area contributed by atoms with Gasteiger partial charge in [0.2, 0.25) is 15.9 Å². The summed E-state index contributed by atoms with van der Waals surface area (Å²) in [5, 5.41) is 2.56. The molecule has 1 N–H and O–H groups in total. The molecular weight excluding hydrogens is 355 g/mol. The average molecular weight is 376 g/mol. The first-order valence-electron chi connectivity index (χ1n) is 8.45. The van der Waals surface area contributed by atoms with Crippen LogP contribution in [0.3, 0.4) is 0 Å². The monoisotopic (exact) mass is 376 g/mol. The van der Waals surface area contributed by atoms with E-state index < -0.39 is 27.8 Å². The van der Waals surface area contributed by atoms with Crippen molar-refractivity contribution in [3.63, 3.8) is 0 Å². The van der Waals surface area contributed by atoms with Crippen molar-refractivity contribution in [1.82, 2.24) is 4.31 Å². The molecule has 0 saturated carbocycles. The third-order valence-electron chi connectivity index (χ3n) is 4.61. The van der Waals surface area contributed by atoms with Gasteiger partial charge in [0.15, 0.2) is 0 Å². The van der Waals surface area contributed by atoms with E-state index >= 15 is 0 Å². The standard InChI is InChI=1S/C19H21FN2O3S/c1-3-26(24,25)22-12-15-7-5-4-6-14(15)11-18(22)19(23)21-17-10-13(2)8-9-16(17)20/h4-10,18H,3,11-12H2,1-2H3,(H,21,23). The normalized spacial score (nSPS) is 17.6. The van der Waals surface area contributed by atoms with Crippen LogP contribution < -0.4 is 5.32 Å². The smallest absolute Gasteiger partial charge is 0.243 e. The molecular formula is C19H21FN2O3S. The molecule has 1 atom stereocenters. The summed E-state index contributed by atoms with van der Waals surface area (Å²) in [6.45, 7) is 3.48. The van der Waals surface area contributed by atoms with Gasteiger partial charge >= 0.3 is 0 Å². The molecule has 0 fully saturated rings. The first kappa shape index (κ1) is 18.5. The van der Waals surface area contributed by atoms with Crippen LogP contribution in [0.1, 0.15) is 23.6 Å². The zero-order valence-electron chi connectivity index (χ0n) is 14.7. The second-order valence-corrected chi connectivity index (χ2v) is 8.62. The van der Waals surface area contributed by atoms with Crippen molar-refractivity contribution in [2.75, 3.05) is 11.1 Å². The number of rotatable bonds is 4. The number of aryl methyl sites for hydroxylation is 1. The molecule has 7 heteroatoms. The summed E-state index contributed by atoms with van der Waals surface area (Å²) in [5.41, 5.74) is 2.67. The summed E-state index contributed by atoms with van der Waals surface area (Å²) in [4.78, 5) is 12.8. The molecule has 0 saturated heterocycles. The SMILES string of the molecule is CCS(=O)(=O)N1Cc2ccccc2CC1C(=O)Nc1cc(C)ccc1F. The van der Waals surface area contributed by atoms with Crippen molar-refractivity contribution in [3.8, 4) is 0 Å². The summed E-state index contributed by atoms with van der Waals surface area (Å²) in [6, 6.07) is 11.0. The molecule has 0 aliphatic carbocycles. The molecule has 1 heterocycles. The largest absolute Gasteiger partial charge is 0.322 e. The Hall–Kier alpha value is -2.25. The minimum Gasteiger partial charge on any atom is -0.322 e. The highest BCUT2D eigenvalue weighted by molar-refractivity contribution is 7.89. The topological polar surface area (TPSA) is 66.5 Å². The van der Waals surface area contributed by atoms with Crippen LogP contribution in [0.4, 0.5) is 10.1 Å². The summed E-state index contributed by atoms with van der Waals surface area (Å²) < 4.78 is 40.3. The fourth-order valence-corrected chi connectivity index (χ4v) is 4.36. The van der Waals surface area contributed by atoms with E-state index in [0.29, 0.717) is 0 Å². The van der Waals surface area contributed by atoms with Gasteiger partial charge < -0.3 is 5.32 Å². The number of nitrogens with zero attached hydrogens (tertiary/aromatic N) is 1. The van der Waals surface area contributed by atoms with Gasteiger partial charge in [0, 0.05) is 6.54 Å². The lowest BCUT2D eigenvalue weighted by molar-refractivity contribution is -0.120. The summed E-state index contributed by atoms with van der Waals surface area (Å²) in [5.74, 6) is -1.18. The van der Waals surface area contributed by atoms with Gasteiger partial charge in [-0.05, 0) is 49.1 Å². The van der Waals surface area contributed by atoms with Gasteiger partial charge in [-0.15, -0.1) is 0 Å². The average Bonchev–Trinajstić information content (AvgIpc) is 2.63. The number of hydrogen-bond donors (Lipinski definition) is 1. The van der Waals surface area contributed by atoms with Crippen LogP contribution in [0.5, 0.6) is 0 Å². The molecule has 0 radical (unpaired) electrons. The van der Waals surface area contributed by atoms with E-state index in [1.807, 2.05) is 24.3 Å². The molecule has 26 heavy (non-hydrogen) atoms. The molecule has 0 bridgehead atoms. The molecule has 5 nitrogen and oxygen atoms in total. The number of carbonyl (C=O) groups excluding carboxylic acids is 1. The van der Waals surface area contributed by atoms with E-state index in [1.54, 1.807) is 19.9 Å². The predicted octanol–water partition coefficient (Wildman–Crippen LogP) is 2.85. The number of halogens is 1. The summed E-state index contributed by atoms with van der Waals surface area (Å²) in [6.07, 6.45) is 0.259. The van der Waals surface area contributed by atoms with Gasteiger partial charge in [0.1, 0.15) is 11.9 Å². The lowest BCUT2D eigenvalue weighted by Gasteiger charge is -2.34. The first-order valence-corrected chi connectivity index (χ1v) is 10.1. The number of benzene rings is 2. The van der Waals surface area contributed by atoms with Gasteiger partial charge in [0.25, 0.3) is 0 Å². The molecule has 3 rings (SSSR count). The van der Waals surface area contributed by atoms with E-state index in [-0.39, 0.29) is 24.4 Å². The maximum absolute atomic E-state index is 14.0. The zero-order valence-corrected chi connectivity index (χ0v) is 15.5. The Bertz CT molecular complexity index is 944. The van der Waals surface area contributed by atoms with E-state index in [9.17, 15) is 17.6 Å². The van der Waals surface area contributed by atoms with Crippen LogP contribution in [0, 0.1) is 12.7 Å². The number of carbonyl (C=O) groups is 1. The summed E-state index contributed by atoms with van der Waals surface area (Å²) >= 11 is 0. The van der Waals surface area contributed by atoms with Gasteiger partial charge in [-0.2, -0.15) is 4.31 Å². The van der Waals surface area contributed by atoms with Crippen molar-refractivity contribution in [2.24, 2.45) is 0 Å². The van der Waals surface area contributed by atoms with Crippen LogP contribution in [0.15, 0.2) is 42.5 Å². The van der Waals surface area contributed by atoms with Crippen molar-refractivity contribution >= 4 is 21.6 Å². The summed E-state index contributed by atoms with van der Waals surface area (Å²) in [7, 11) is -3.59. The number of nitrogens with one attached hydrogen (secondary N) is 1. The third kappa shape index (κ3) is 3.64. The number of sulfonamides is 1. The number of anilines is 1. The number of fused-ring (bicyclic) bond motifs is 1. The Balaban J connectivity index is 1.94. The zero-order chi connectivity index (χ0) is 18.9. The molecule has 2 aromatic carbocycles. The molecule has 1 aliphatic rings. The fourth-order valence-electron chi connectivity index (χ4n) is 3.13. The molecule has 1 amide bonds. The lowest BCUT2D eigenvalue weighted by Crippen LogP contribution is -2.51. The fraction of sp³-hybridized carbons (Fsp3) is 0.316. The highest BCUT2D eigenvalue weighted by Gasteiger charge is 2.38. The number of hydrogen-bond acceptors (Lipinski definition) is 3. The number of amides is 1. The maximum atomic E-state index is 14.0. The Morgan fingerprint density at radius 3 is 2.62 bits per heavy atom. The van der Waals surface area contributed by atoms with E-state index in [0.717, 1.165) is 16.7 Å². The second kappa shape index (κ2) is 7.17. The minimum atomic E-state index is -3.59. The Labute approximate surface area is 152 Å². The Morgan fingerprint density at radius 1 is 1.23 bits per heavy atom. The van der Waals surface area contributed by atoms with Gasteiger partial charge in [-0.3, -0.25) is 4.79 Å².